The van der Waals surface area contributed by atoms with Gasteiger partial charge in [0.05, 0.1) is 12.6 Å². The molecule has 5 aliphatic rings. The number of esters is 1. The molecule has 228 valence electrons. The minimum absolute atomic E-state index is 0.104. The highest BCUT2D eigenvalue weighted by Gasteiger charge is 2.59. The van der Waals surface area contributed by atoms with Crippen LogP contribution in [0.1, 0.15) is 121 Å². The average Bonchev–Trinajstić information content (AvgIpc) is 3.56. The van der Waals surface area contributed by atoms with Crippen LogP contribution in [0.15, 0.2) is 24.3 Å². The summed E-state index contributed by atoms with van der Waals surface area (Å²) >= 11 is 0. The average molecular weight is 574 g/mol. The van der Waals surface area contributed by atoms with Gasteiger partial charge in [-0.3, -0.25) is 9.69 Å². The Bertz CT molecular complexity index is 1190. The molecule has 42 heavy (non-hydrogen) atoms. The molecule has 1 amide bonds. The Hall–Kier alpha value is -2.48. The fraction of sp³-hybridized carbons (Fsp3) is 0.730. The molecule has 4 fully saturated rings. The molecule has 5 nitrogen and oxygen atoms in total. The number of benzene rings is 1. The maximum Gasteiger partial charge on any atom is 0.413 e. The van der Waals surface area contributed by atoms with Gasteiger partial charge < -0.3 is 9.47 Å². The van der Waals surface area contributed by atoms with Crippen molar-refractivity contribution < 1.29 is 19.1 Å². The summed E-state index contributed by atoms with van der Waals surface area (Å²) in [4.78, 5) is 27.0. The van der Waals surface area contributed by atoms with Gasteiger partial charge in [-0.05, 0) is 129 Å². The second-order valence-electron chi connectivity index (χ2n) is 14.7. The first kappa shape index (κ1) is 29.6. The standard InChI is InChI=1S/C37H51NO4/c1-4-24-38(33-20-15-26-10-5-6-13-29(26)33)35(40)42-25-41-34(39)14-9-12-28-17-19-31-30-18-16-27-11-7-8-22-36(27,2)32(30)21-23-37(28,31)3/h1,5-6,10,13,27-28,30-33H,7-9,11-12,14-25H2,2-3H3. The van der Waals surface area contributed by atoms with Gasteiger partial charge in [0, 0.05) is 6.42 Å². The Kier molecular flexibility index (Phi) is 8.63. The number of carbonyl (C=O) groups is 2. The molecule has 5 heteroatoms. The molecule has 0 N–H and O–H groups in total. The Morgan fingerprint density at radius 1 is 0.952 bits per heavy atom. The van der Waals surface area contributed by atoms with E-state index in [0.717, 1.165) is 54.9 Å². The van der Waals surface area contributed by atoms with E-state index in [9.17, 15) is 9.59 Å². The first-order valence-electron chi connectivity index (χ1n) is 17.0. The number of hydrogen-bond donors (Lipinski definition) is 0. The van der Waals surface area contributed by atoms with Gasteiger partial charge >= 0.3 is 12.1 Å². The first-order valence-corrected chi connectivity index (χ1v) is 17.0. The smallest absolute Gasteiger partial charge is 0.413 e. The zero-order chi connectivity index (χ0) is 29.3. The van der Waals surface area contributed by atoms with Crippen molar-refractivity contribution in [1.29, 1.82) is 0 Å². The van der Waals surface area contributed by atoms with Crippen molar-refractivity contribution in [2.24, 2.45) is 40.4 Å². The number of fused-ring (bicyclic) bond motifs is 6. The van der Waals surface area contributed by atoms with Crippen LogP contribution >= 0.6 is 0 Å². The van der Waals surface area contributed by atoms with Crippen LogP contribution in [-0.2, 0) is 20.7 Å². The Morgan fingerprint density at radius 2 is 1.79 bits per heavy atom. The highest BCUT2D eigenvalue weighted by atomic mass is 16.7. The number of aryl methyl sites for hydroxylation is 1. The van der Waals surface area contributed by atoms with E-state index in [1.54, 1.807) is 4.90 Å². The molecular formula is C37H51NO4. The molecule has 0 spiro atoms. The van der Waals surface area contributed by atoms with Crippen molar-refractivity contribution >= 4 is 12.1 Å². The van der Waals surface area contributed by atoms with Gasteiger partial charge in [0.2, 0.25) is 6.79 Å². The molecule has 6 rings (SSSR count). The number of rotatable bonds is 8. The van der Waals surface area contributed by atoms with Gasteiger partial charge in [-0.15, -0.1) is 6.42 Å². The fourth-order valence-corrected chi connectivity index (χ4v) is 10.9. The SMILES string of the molecule is C#CCN(C(=O)OCOC(=O)CCCC1CCC2C3CCC4CCCCC4(C)C3CCC12C)C1CCc2ccccc21. The number of hydrogen-bond acceptors (Lipinski definition) is 4. The predicted octanol–water partition coefficient (Wildman–Crippen LogP) is 8.47. The summed E-state index contributed by atoms with van der Waals surface area (Å²) in [7, 11) is 0. The molecule has 0 aliphatic heterocycles. The lowest BCUT2D eigenvalue weighted by molar-refractivity contribution is -0.152. The molecule has 0 aromatic heterocycles. The number of amides is 1. The Balaban J connectivity index is 0.952. The van der Waals surface area contributed by atoms with Crippen LogP contribution in [0.5, 0.6) is 0 Å². The van der Waals surface area contributed by atoms with Crippen LogP contribution in [0.2, 0.25) is 0 Å². The quantitative estimate of drug-likeness (QED) is 0.178. The normalized spacial score (nSPS) is 36.5. The molecule has 1 aromatic rings. The molecule has 0 heterocycles. The lowest BCUT2D eigenvalue weighted by Crippen LogP contribution is -2.52. The third kappa shape index (κ3) is 5.37. The van der Waals surface area contributed by atoms with Crippen LogP contribution in [0, 0.1) is 52.8 Å². The van der Waals surface area contributed by atoms with Crippen molar-refractivity contribution in [1.82, 2.24) is 4.90 Å². The third-order valence-corrected chi connectivity index (χ3v) is 13.1. The maximum atomic E-state index is 12.9. The predicted molar refractivity (Wildman–Crippen MR) is 164 cm³/mol. The number of carbonyl (C=O) groups excluding carboxylic acids is 2. The summed E-state index contributed by atoms with van der Waals surface area (Å²) in [6, 6.07) is 8.03. The van der Waals surface area contributed by atoms with E-state index >= 15 is 0 Å². The largest absolute Gasteiger partial charge is 0.428 e. The van der Waals surface area contributed by atoms with Crippen LogP contribution in [0.3, 0.4) is 0 Å². The first-order chi connectivity index (χ1) is 20.3. The minimum atomic E-state index is -0.529. The van der Waals surface area contributed by atoms with Crippen LogP contribution < -0.4 is 0 Å². The fourth-order valence-electron chi connectivity index (χ4n) is 10.9. The monoisotopic (exact) mass is 573 g/mol. The van der Waals surface area contributed by atoms with Crippen molar-refractivity contribution in [3.63, 3.8) is 0 Å². The number of terminal acetylenes is 1. The van der Waals surface area contributed by atoms with Crippen LogP contribution in [-0.4, -0.2) is 30.3 Å². The molecule has 0 saturated heterocycles. The summed E-state index contributed by atoms with van der Waals surface area (Å²) in [6.45, 7) is 5.04. The molecule has 8 unspecified atom stereocenters. The second kappa shape index (κ2) is 12.3. The Morgan fingerprint density at radius 3 is 2.64 bits per heavy atom. The molecule has 0 radical (unpaired) electrons. The van der Waals surface area contributed by atoms with Gasteiger partial charge in [0.1, 0.15) is 0 Å². The van der Waals surface area contributed by atoms with Crippen molar-refractivity contribution in [3.8, 4) is 12.3 Å². The summed E-state index contributed by atoms with van der Waals surface area (Å²) in [5, 5.41) is 0. The van der Waals surface area contributed by atoms with Crippen LogP contribution in [0.4, 0.5) is 4.79 Å². The van der Waals surface area contributed by atoms with Gasteiger partial charge in [-0.1, -0.05) is 56.9 Å². The number of nitrogens with zero attached hydrogens (tertiary/aromatic N) is 1. The second-order valence-corrected chi connectivity index (χ2v) is 14.7. The van der Waals surface area contributed by atoms with Gasteiger partial charge in [-0.25, -0.2) is 4.79 Å². The molecule has 0 bridgehead atoms. The van der Waals surface area contributed by atoms with E-state index in [2.05, 4.69) is 25.8 Å². The van der Waals surface area contributed by atoms with Crippen molar-refractivity contribution in [3.05, 3.63) is 35.4 Å². The van der Waals surface area contributed by atoms with E-state index in [-0.39, 0.29) is 25.3 Å². The van der Waals surface area contributed by atoms with E-state index in [1.165, 1.54) is 69.8 Å². The molecule has 1 aromatic carbocycles. The topological polar surface area (TPSA) is 55.8 Å². The summed E-state index contributed by atoms with van der Waals surface area (Å²) in [6.07, 6.45) is 23.3. The van der Waals surface area contributed by atoms with E-state index in [1.807, 2.05) is 18.2 Å². The van der Waals surface area contributed by atoms with Crippen LogP contribution in [0.25, 0.3) is 0 Å². The third-order valence-electron chi connectivity index (χ3n) is 13.1. The van der Waals surface area contributed by atoms with Gasteiger partial charge in [0.25, 0.3) is 0 Å². The summed E-state index contributed by atoms with van der Waals surface area (Å²) in [5.74, 6) is 6.69. The van der Waals surface area contributed by atoms with Gasteiger partial charge in [-0.2, -0.15) is 0 Å². The highest BCUT2D eigenvalue weighted by Crippen LogP contribution is 2.67. The highest BCUT2D eigenvalue weighted by molar-refractivity contribution is 5.71. The summed E-state index contributed by atoms with van der Waals surface area (Å²) in [5.41, 5.74) is 3.38. The molecular weight excluding hydrogens is 522 g/mol. The molecule has 4 saturated carbocycles. The number of ether oxygens (including phenoxy) is 2. The van der Waals surface area contributed by atoms with E-state index < -0.39 is 6.09 Å². The zero-order valence-corrected chi connectivity index (χ0v) is 26.0. The minimum Gasteiger partial charge on any atom is -0.428 e. The molecule has 8 atom stereocenters. The zero-order valence-electron chi connectivity index (χ0n) is 26.0. The van der Waals surface area contributed by atoms with Gasteiger partial charge in [0.15, 0.2) is 0 Å². The van der Waals surface area contributed by atoms with E-state index in [4.69, 9.17) is 15.9 Å². The maximum absolute atomic E-state index is 12.9. The Labute approximate surface area is 253 Å². The lowest BCUT2D eigenvalue weighted by atomic mass is 9.45. The van der Waals surface area contributed by atoms with E-state index in [0.29, 0.717) is 23.2 Å². The lowest BCUT2D eigenvalue weighted by Gasteiger charge is -2.60. The van der Waals surface area contributed by atoms with Crippen molar-refractivity contribution in [2.45, 2.75) is 116 Å². The summed E-state index contributed by atoms with van der Waals surface area (Å²) < 4.78 is 10.7. The molecule has 5 aliphatic carbocycles. The van der Waals surface area contributed by atoms with Crippen molar-refractivity contribution in [2.75, 3.05) is 13.3 Å².